The van der Waals surface area contributed by atoms with Gasteiger partial charge in [0.05, 0.1) is 24.2 Å². The number of carbonyl (C=O) groups is 1. The van der Waals surface area contributed by atoms with Gasteiger partial charge in [0.15, 0.2) is 0 Å². The number of para-hydroxylation sites is 1. The smallest absolute Gasteiger partial charge is 0.254 e. The summed E-state index contributed by atoms with van der Waals surface area (Å²) in [7, 11) is 0. The van der Waals surface area contributed by atoms with Gasteiger partial charge in [-0.15, -0.1) is 12.6 Å². The zero-order chi connectivity index (χ0) is 17.2. The molecule has 0 saturated carbocycles. The zero-order valence-corrected chi connectivity index (χ0v) is 14.5. The maximum absolute atomic E-state index is 13.1. The molecule has 1 atom stereocenters. The Labute approximate surface area is 151 Å². The van der Waals surface area contributed by atoms with Crippen LogP contribution in [0, 0.1) is 0 Å². The summed E-state index contributed by atoms with van der Waals surface area (Å²) >= 11 is 4.45. The van der Waals surface area contributed by atoms with E-state index in [1.165, 1.54) is 0 Å². The average Bonchev–Trinajstić information content (AvgIpc) is 2.68. The highest BCUT2D eigenvalue weighted by molar-refractivity contribution is 7.80. The number of thiol groups is 1. The first-order valence-electron chi connectivity index (χ1n) is 8.26. The number of pyridine rings is 1. The molecule has 1 aliphatic heterocycles. The summed E-state index contributed by atoms with van der Waals surface area (Å²) in [4.78, 5) is 20.1. The summed E-state index contributed by atoms with van der Waals surface area (Å²) in [6, 6.07) is 17.5. The fourth-order valence-corrected chi connectivity index (χ4v) is 3.48. The molecule has 2 aromatic carbocycles. The van der Waals surface area contributed by atoms with Crippen LogP contribution in [0.2, 0.25) is 0 Å². The van der Waals surface area contributed by atoms with Gasteiger partial charge in [0.1, 0.15) is 6.10 Å². The van der Waals surface area contributed by atoms with E-state index in [9.17, 15) is 4.79 Å². The van der Waals surface area contributed by atoms with Crippen molar-refractivity contribution in [1.82, 2.24) is 9.88 Å². The van der Waals surface area contributed by atoms with Crippen LogP contribution < -0.4 is 0 Å². The fraction of sp³-hybridized carbons (Fsp3) is 0.200. The first-order chi connectivity index (χ1) is 12.2. The Morgan fingerprint density at radius 2 is 1.96 bits per heavy atom. The lowest BCUT2D eigenvalue weighted by Gasteiger charge is -2.33. The van der Waals surface area contributed by atoms with Gasteiger partial charge in [-0.25, -0.2) is 0 Å². The molecule has 0 bridgehead atoms. The van der Waals surface area contributed by atoms with Gasteiger partial charge in [0.25, 0.3) is 5.91 Å². The van der Waals surface area contributed by atoms with E-state index in [0.717, 1.165) is 21.4 Å². The van der Waals surface area contributed by atoms with Crippen molar-refractivity contribution in [3.05, 3.63) is 71.9 Å². The van der Waals surface area contributed by atoms with E-state index in [0.29, 0.717) is 25.3 Å². The second-order valence-corrected chi connectivity index (χ2v) is 6.53. The van der Waals surface area contributed by atoms with Gasteiger partial charge in [0, 0.05) is 23.0 Å². The molecule has 25 heavy (non-hydrogen) atoms. The second kappa shape index (κ2) is 6.86. The quantitative estimate of drug-likeness (QED) is 0.716. The molecule has 0 radical (unpaired) electrons. The maximum atomic E-state index is 13.1. The van der Waals surface area contributed by atoms with Gasteiger partial charge < -0.3 is 9.64 Å². The van der Waals surface area contributed by atoms with Gasteiger partial charge in [-0.2, -0.15) is 0 Å². The Morgan fingerprint density at radius 1 is 1.12 bits per heavy atom. The van der Waals surface area contributed by atoms with Gasteiger partial charge in [0.2, 0.25) is 0 Å². The number of nitrogens with zero attached hydrogens (tertiary/aromatic N) is 2. The zero-order valence-electron chi connectivity index (χ0n) is 13.6. The number of morpholine rings is 1. The van der Waals surface area contributed by atoms with E-state index in [-0.39, 0.29) is 12.0 Å². The normalized spacial score (nSPS) is 17.6. The lowest BCUT2D eigenvalue weighted by Crippen LogP contribution is -2.42. The molecule has 0 N–H and O–H groups in total. The molecular weight excluding hydrogens is 332 g/mol. The first-order valence-corrected chi connectivity index (χ1v) is 8.71. The van der Waals surface area contributed by atoms with E-state index in [2.05, 4.69) is 17.6 Å². The van der Waals surface area contributed by atoms with Crippen LogP contribution in [0.15, 0.2) is 65.7 Å². The summed E-state index contributed by atoms with van der Waals surface area (Å²) < 4.78 is 5.87. The molecular formula is C20H18N2O2S. The molecule has 1 aliphatic rings. The van der Waals surface area contributed by atoms with Crippen LogP contribution in [-0.4, -0.2) is 35.5 Å². The SMILES string of the molecule is O=C(c1ccnc2c(S)cccc12)N1CCOC(c2ccccc2)C1. The van der Waals surface area contributed by atoms with Gasteiger partial charge in [-0.3, -0.25) is 9.78 Å². The van der Waals surface area contributed by atoms with E-state index in [1.807, 2.05) is 53.4 Å². The number of fused-ring (bicyclic) bond motifs is 1. The monoisotopic (exact) mass is 350 g/mol. The Bertz CT molecular complexity index is 914. The Morgan fingerprint density at radius 3 is 2.80 bits per heavy atom. The van der Waals surface area contributed by atoms with Gasteiger partial charge in [-0.05, 0) is 17.7 Å². The van der Waals surface area contributed by atoms with Crippen molar-refractivity contribution >= 4 is 29.4 Å². The highest BCUT2D eigenvalue weighted by atomic mass is 32.1. The topological polar surface area (TPSA) is 42.4 Å². The van der Waals surface area contributed by atoms with Crippen LogP contribution in [0.5, 0.6) is 0 Å². The number of carbonyl (C=O) groups excluding carboxylic acids is 1. The van der Waals surface area contributed by atoms with Crippen molar-refractivity contribution in [2.45, 2.75) is 11.0 Å². The largest absolute Gasteiger partial charge is 0.370 e. The minimum absolute atomic E-state index is 0.00978. The minimum atomic E-state index is -0.0903. The van der Waals surface area contributed by atoms with Crippen molar-refractivity contribution in [3.63, 3.8) is 0 Å². The van der Waals surface area contributed by atoms with Crippen LogP contribution in [0.25, 0.3) is 10.9 Å². The molecule has 0 aliphatic carbocycles. The van der Waals surface area contributed by atoms with Crippen LogP contribution in [0.3, 0.4) is 0 Å². The van der Waals surface area contributed by atoms with Gasteiger partial charge >= 0.3 is 0 Å². The molecule has 4 rings (SSSR count). The Kier molecular flexibility index (Phi) is 4.42. The molecule has 1 saturated heterocycles. The molecule has 126 valence electrons. The number of hydrogen-bond donors (Lipinski definition) is 1. The van der Waals surface area contributed by atoms with Crippen LogP contribution in [-0.2, 0) is 4.74 Å². The molecule has 1 fully saturated rings. The number of aromatic nitrogens is 1. The third kappa shape index (κ3) is 3.13. The molecule has 3 aromatic rings. The third-order valence-electron chi connectivity index (χ3n) is 4.51. The highest BCUT2D eigenvalue weighted by Gasteiger charge is 2.27. The number of amides is 1. The number of hydrogen-bond acceptors (Lipinski definition) is 4. The number of rotatable bonds is 2. The van der Waals surface area contributed by atoms with Crippen LogP contribution in [0.4, 0.5) is 0 Å². The molecule has 1 amide bonds. The van der Waals surface area contributed by atoms with Crippen molar-refractivity contribution in [2.75, 3.05) is 19.7 Å². The lowest BCUT2D eigenvalue weighted by molar-refractivity contribution is -0.0227. The van der Waals surface area contributed by atoms with Crippen molar-refractivity contribution in [1.29, 1.82) is 0 Å². The maximum Gasteiger partial charge on any atom is 0.254 e. The number of ether oxygens (including phenoxy) is 1. The number of benzene rings is 2. The van der Waals surface area contributed by atoms with E-state index in [4.69, 9.17) is 4.74 Å². The lowest BCUT2D eigenvalue weighted by atomic mass is 10.1. The Hall–Kier alpha value is -2.37. The first kappa shape index (κ1) is 16.1. The summed E-state index contributed by atoms with van der Waals surface area (Å²) in [5.74, 6) is 0.00978. The van der Waals surface area contributed by atoms with E-state index >= 15 is 0 Å². The Balaban J connectivity index is 1.64. The molecule has 4 nitrogen and oxygen atoms in total. The molecule has 1 unspecified atom stereocenters. The van der Waals surface area contributed by atoms with Crippen LogP contribution in [0.1, 0.15) is 22.0 Å². The van der Waals surface area contributed by atoms with Gasteiger partial charge in [-0.1, -0.05) is 42.5 Å². The predicted molar refractivity (Wildman–Crippen MR) is 100 cm³/mol. The predicted octanol–water partition coefficient (Wildman–Crippen LogP) is 3.74. The van der Waals surface area contributed by atoms with Crippen molar-refractivity contribution in [3.8, 4) is 0 Å². The fourth-order valence-electron chi connectivity index (χ4n) is 3.22. The molecule has 2 heterocycles. The minimum Gasteiger partial charge on any atom is -0.370 e. The summed E-state index contributed by atoms with van der Waals surface area (Å²) in [5.41, 5.74) is 2.51. The summed E-state index contributed by atoms with van der Waals surface area (Å²) in [6.07, 6.45) is 1.58. The van der Waals surface area contributed by atoms with E-state index < -0.39 is 0 Å². The van der Waals surface area contributed by atoms with Crippen molar-refractivity contribution in [2.24, 2.45) is 0 Å². The third-order valence-corrected chi connectivity index (χ3v) is 4.87. The summed E-state index contributed by atoms with van der Waals surface area (Å²) in [5, 5.41) is 0.836. The second-order valence-electron chi connectivity index (χ2n) is 6.05. The summed E-state index contributed by atoms with van der Waals surface area (Å²) in [6.45, 7) is 1.67. The van der Waals surface area contributed by atoms with Crippen molar-refractivity contribution < 1.29 is 9.53 Å². The van der Waals surface area contributed by atoms with E-state index in [1.54, 1.807) is 12.3 Å². The van der Waals surface area contributed by atoms with Crippen LogP contribution >= 0.6 is 12.6 Å². The molecule has 0 spiro atoms. The standard InChI is InChI=1S/C20H18N2O2S/c23-20(16-9-10-21-19-15(16)7-4-8-18(19)25)22-11-12-24-17(13-22)14-5-2-1-3-6-14/h1-10,17,25H,11-13H2. The molecule has 5 heteroatoms. The average molecular weight is 350 g/mol. The highest BCUT2D eigenvalue weighted by Crippen LogP contribution is 2.26. The molecule has 1 aromatic heterocycles.